The van der Waals surface area contributed by atoms with Gasteiger partial charge in [-0.2, -0.15) is 0 Å². The summed E-state index contributed by atoms with van der Waals surface area (Å²) in [5, 5.41) is 4.88. The number of nitrogens with one attached hydrogen (secondary N) is 1. The maximum absolute atomic E-state index is 6.10. The van der Waals surface area contributed by atoms with E-state index in [0.29, 0.717) is 6.04 Å². The summed E-state index contributed by atoms with van der Waals surface area (Å²) in [4.78, 5) is 0. The number of furan rings is 1. The lowest BCUT2D eigenvalue weighted by Gasteiger charge is -2.20. The molecule has 0 spiro atoms. The van der Waals surface area contributed by atoms with Crippen LogP contribution in [0.25, 0.3) is 11.0 Å². The molecular weight excluding hydrogens is 258 g/mol. The van der Waals surface area contributed by atoms with Gasteiger partial charge in [-0.3, -0.25) is 0 Å². The van der Waals surface area contributed by atoms with Gasteiger partial charge in [-0.25, -0.2) is 0 Å². The molecule has 1 aromatic carbocycles. The Bertz CT molecular complexity index is 558. The van der Waals surface area contributed by atoms with Crippen LogP contribution in [0, 0.1) is 12.8 Å². The molecule has 2 atom stereocenters. The molecule has 2 rings (SSSR count). The number of benzene rings is 1. The molecule has 0 saturated carbocycles. The van der Waals surface area contributed by atoms with Crippen molar-refractivity contribution in [3.63, 3.8) is 0 Å². The van der Waals surface area contributed by atoms with Crippen molar-refractivity contribution in [2.75, 3.05) is 6.54 Å². The monoisotopic (exact) mass is 287 g/mol. The summed E-state index contributed by atoms with van der Waals surface area (Å²) in [5.41, 5.74) is 2.29. The van der Waals surface area contributed by atoms with E-state index in [0.717, 1.165) is 36.6 Å². The first kappa shape index (κ1) is 16.1. The van der Waals surface area contributed by atoms with Crippen molar-refractivity contribution in [3.8, 4) is 0 Å². The third-order valence-corrected chi connectivity index (χ3v) is 4.09. The van der Waals surface area contributed by atoms with Gasteiger partial charge in [-0.05, 0) is 50.4 Å². The summed E-state index contributed by atoms with van der Waals surface area (Å²) < 4.78 is 6.10. The maximum Gasteiger partial charge on any atom is 0.134 e. The Hall–Kier alpha value is -1.28. The minimum absolute atomic E-state index is 0.333. The molecule has 0 radical (unpaired) electrons. The molecular formula is C19H29NO. The Kier molecular flexibility index (Phi) is 5.86. The third kappa shape index (κ3) is 4.34. The number of rotatable bonds is 8. The summed E-state index contributed by atoms with van der Waals surface area (Å²) in [6, 6.07) is 8.95. The molecule has 2 aromatic rings. The first-order valence-electron chi connectivity index (χ1n) is 8.37. The van der Waals surface area contributed by atoms with Crippen LogP contribution in [-0.2, 0) is 0 Å². The summed E-state index contributed by atoms with van der Waals surface area (Å²) >= 11 is 0. The number of fused-ring (bicyclic) bond motifs is 1. The molecule has 2 nitrogen and oxygen atoms in total. The predicted molar refractivity (Wildman–Crippen MR) is 90.7 cm³/mol. The Morgan fingerprint density at radius 2 is 1.95 bits per heavy atom. The average molecular weight is 287 g/mol. The highest BCUT2D eigenvalue weighted by Crippen LogP contribution is 2.29. The minimum atomic E-state index is 0.333. The van der Waals surface area contributed by atoms with Crippen molar-refractivity contribution in [2.24, 2.45) is 5.92 Å². The first-order chi connectivity index (χ1) is 10.1. The maximum atomic E-state index is 6.10. The molecule has 0 aliphatic carbocycles. The van der Waals surface area contributed by atoms with Crippen LogP contribution in [0.3, 0.4) is 0 Å². The van der Waals surface area contributed by atoms with E-state index in [-0.39, 0.29) is 0 Å². The minimum Gasteiger partial charge on any atom is -0.459 e. The Balaban J connectivity index is 2.20. The largest absolute Gasteiger partial charge is 0.459 e. The van der Waals surface area contributed by atoms with E-state index in [1.54, 1.807) is 0 Å². The second kappa shape index (κ2) is 7.65. The molecule has 0 fully saturated rings. The highest BCUT2D eigenvalue weighted by molar-refractivity contribution is 5.78. The van der Waals surface area contributed by atoms with E-state index < -0.39 is 0 Å². The molecule has 0 aliphatic rings. The van der Waals surface area contributed by atoms with Gasteiger partial charge < -0.3 is 9.73 Å². The number of hydrogen-bond acceptors (Lipinski definition) is 2. The summed E-state index contributed by atoms with van der Waals surface area (Å²) in [6.07, 6.45) is 4.83. The van der Waals surface area contributed by atoms with Gasteiger partial charge in [0, 0.05) is 5.39 Å². The molecule has 2 unspecified atom stereocenters. The lowest BCUT2D eigenvalue weighted by atomic mass is 9.95. The SMILES string of the molecule is CCCNC(CC(C)CCC)c1cc2cc(C)ccc2o1. The molecule has 0 bridgehead atoms. The van der Waals surface area contributed by atoms with Crippen molar-refractivity contribution in [1.82, 2.24) is 5.32 Å². The third-order valence-electron chi connectivity index (χ3n) is 4.09. The zero-order valence-corrected chi connectivity index (χ0v) is 13.9. The van der Waals surface area contributed by atoms with Gasteiger partial charge in [0.2, 0.25) is 0 Å². The van der Waals surface area contributed by atoms with Crippen LogP contribution in [0.5, 0.6) is 0 Å². The summed E-state index contributed by atoms with van der Waals surface area (Å²) in [6.45, 7) is 9.98. The zero-order chi connectivity index (χ0) is 15.2. The first-order valence-corrected chi connectivity index (χ1v) is 8.37. The van der Waals surface area contributed by atoms with Crippen LogP contribution in [0.2, 0.25) is 0 Å². The topological polar surface area (TPSA) is 25.2 Å². The molecule has 21 heavy (non-hydrogen) atoms. The van der Waals surface area contributed by atoms with Gasteiger partial charge >= 0.3 is 0 Å². The van der Waals surface area contributed by atoms with E-state index in [1.165, 1.54) is 23.8 Å². The van der Waals surface area contributed by atoms with Crippen LogP contribution in [0.15, 0.2) is 28.7 Å². The van der Waals surface area contributed by atoms with E-state index >= 15 is 0 Å². The fraction of sp³-hybridized carbons (Fsp3) is 0.579. The predicted octanol–water partition coefficient (Wildman–Crippen LogP) is 5.61. The highest BCUT2D eigenvalue weighted by Gasteiger charge is 2.18. The van der Waals surface area contributed by atoms with Crippen LogP contribution in [-0.4, -0.2) is 6.54 Å². The molecule has 116 valence electrons. The van der Waals surface area contributed by atoms with E-state index in [4.69, 9.17) is 4.42 Å². The van der Waals surface area contributed by atoms with E-state index in [1.807, 2.05) is 0 Å². The highest BCUT2D eigenvalue weighted by atomic mass is 16.3. The second-order valence-electron chi connectivity index (χ2n) is 6.33. The second-order valence-corrected chi connectivity index (χ2v) is 6.33. The van der Waals surface area contributed by atoms with Crippen LogP contribution in [0.1, 0.15) is 63.8 Å². The lowest BCUT2D eigenvalue weighted by Crippen LogP contribution is -2.23. The summed E-state index contributed by atoms with van der Waals surface area (Å²) in [7, 11) is 0. The van der Waals surface area contributed by atoms with Crippen molar-refractivity contribution < 1.29 is 4.42 Å². The zero-order valence-electron chi connectivity index (χ0n) is 13.9. The fourth-order valence-corrected chi connectivity index (χ4v) is 2.99. The van der Waals surface area contributed by atoms with Gasteiger partial charge in [0.15, 0.2) is 0 Å². The molecule has 1 heterocycles. The van der Waals surface area contributed by atoms with Gasteiger partial charge in [-0.1, -0.05) is 45.2 Å². The molecule has 1 aromatic heterocycles. The lowest BCUT2D eigenvalue weighted by molar-refractivity contribution is 0.348. The quantitative estimate of drug-likeness (QED) is 0.682. The van der Waals surface area contributed by atoms with Gasteiger partial charge in [-0.15, -0.1) is 0 Å². The fourth-order valence-electron chi connectivity index (χ4n) is 2.99. The molecule has 0 saturated heterocycles. The van der Waals surface area contributed by atoms with Crippen molar-refractivity contribution in [3.05, 3.63) is 35.6 Å². The average Bonchev–Trinajstić information content (AvgIpc) is 2.86. The molecule has 2 heteroatoms. The van der Waals surface area contributed by atoms with Crippen molar-refractivity contribution in [2.45, 2.75) is 59.4 Å². The van der Waals surface area contributed by atoms with Crippen LogP contribution < -0.4 is 5.32 Å². The van der Waals surface area contributed by atoms with Gasteiger partial charge in [0.25, 0.3) is 0 Å². The molecule has 0 amide bonds. The Morgan fingerprint density at radius 1 is 1.14 bits per heavy atom. The van der Waals surface area contributed by atoms with Gasteiger partial charge in [0.05, 0.1) is 6.04 Å². The Morgan fingerprint density at radius 3 is 2.67 bits per heavy atom. The van der Waals surface area contributed by atoms with E-state index in [9.17, 15) is 0 Å². The normalized spacial score (nSPS) is 14.5. The number of hydrogen-bond donors (Lipinski definition) is 1. The summed E-state index contributed by atoms with van der Waals surface area (Å²) in [5.74, 6) is 1.81. The Labute approximate surface area is 128 Å². The molecule has 1 N–H and O–H groups in total. The van der Waals surface area contributed by atoms with Gasteiger partial charge in [0.1, 0.15) is 11.3 Å². The number of aryl methyl sites for hydroxylation is 1. The van der Waals surface area contributed by atoms with Crippen molar-refractivity contribution >= 4 is 11.0 Å². The standard InChI is InChI=1S/C19H29NO/c1-5-7-14(3)12-17(20-10-6-2)19-13-16-11-15(4)8-9-18(16)21-19/h8-9,11,13-14,17,20H,5-7,10,12H2,1-4H3. The molecule has 0 aliphatic heterocycles. The van der Waals surface area contributed by atoms with E-state index in [2.05, 4.69) is 57.3 Å². The smallest absolute Gasteiger partial charge is 0.134 e. The van der Waals surface area contributed by atoms with Crippen LogP contribution in [0.4, 0.5) is 0 Å². The van der Waals surface area contributed by atoms with Crippen molar-refractivity contribution in [1.29, 1.82) is 0 Å². The van der Waals surface area contributed by atoms with Crippen LogP contribution >= 0.6 is 0 Å².